The molecule has 2 heteroatoms. The van der Waals surface area contributed by atoms with E-state index < -0.39 is 0 Å². The molecular formula is C12H13ClN. The van der Waals surface area contributed by atoms with Gasteiger partial charge in [-0.15, -0.1) is 0 Å². The number of hydrogen-bond acceptors (Lipinski definition) is 0. The van der Waals surface area contributed by atoms with Gasteiger partial charge in [0.2, 0.25) is 0 Å². The standard InChI is InChI=1S/C12H13ClN/c13-11-3-1-8(2-4-11)12-9-5-10(12)7-14-6-9/h1-4,9-10,12H,5-7H2. The molecule has 2 fully saturated rings. The van der Waals surface area contributed by atoms with Gasteiger partial charge in [-0.1, -0.05) is 23.7 Å². The SMILES string of the molecule is Clc1ccc(C2C3C[N]CC2C3)cc1. The fourth-order valence-electron chi connectivity index (χ4n) is 2.88. The molecule has 73 valence electrons. The van der Waals surface area contributed by atoms with Gasteiger partial charge in [-0.25, -0.2) is 5.32 Å². The largest absolute Gasteiger partial charge is 0.241 e. The van der Waals surface area contributed by atoms with Crippen LogP contribution < -0.4 is 5.32 Å². The lowest BCUT2D eigenvalue weighted by atomic mass is 9.60. The second kappa shape index (κ2) is 3.25. The Labute approximate surface area is 89.5 Å². The summed E-state index contributed by atoms with van der Waals surface area (Å²) in [6.45, 7) is 2.15. The molecule has 1 radical (unpaired) electrons. The molecule has 2 aliphatic rings. The van der Waals surface area contributed by atoms with Crippen molar-refractivity contribution in [1.82, 2.24) is 5.32 Å². The first-order chi connectivity index (χ1) is 6.84. The van der Waals surface area contributed by atoms with Crippen LogP contribution in [0.2, 0.25) is 5.02 Å². The summed E-state index contributed by atoms with van der Waals surface area (Å²) in [6, 6.07) is 8.36. The van der Waals surface area contributed by atoms with E-state index in [0.29, 0.717) is 0 Å². The van der Waals surface area contributed by atoms with Gasteiger partial charge < -0.3 is 0 Å². The third-order valence-corrected chi connectivity index (χ3v) is 3.86. The Kier molecular flexibility index (Phi) is 2.03. The molecular weight excluding hydrogens is 194 g/mol. The van der Waals surface area contributed by atoms with Gasteiger partial charge in [0.05, 0.1) is 0 Å². The number of rotatable bonds is 1. The predicted molar refractivity (Wildman–Crippen MR) is 57.7 cm³/mol. The topological polar surface area (TPSA) is 14.1 Å². The minimum atomic E-state index is 0.768. The number of benzene rings is 1. The van der Waals surface area contributed by atoms with Gasteiger partial charge in [-0.3, -0.25) is 0 Å². The van der Waals surface area contributed by atoms with Gasteiger partial charge >= 0.3 is 0 Å². The molecule has 0 N–H and O–H groups in total. The van der Waals surface area contributed by atoms with Gasteiger partial charge in [0.1, 0.15) is 0 Å². The Balaban J connectivity index is 1.86. The molecule has 2 unspecified atom stereocenters. The Morgan fingerprint density at radius 2 is 1.71 bits per heavy atom. The average molecular weight is 207 g/mol. The van der Waals surface area contributed by atoms with E-state index in [1.165, 1.54) is 12.0 Å². The molecule has 14 heavy (non-hydrogen) atoms. The van der Waals surface area contributed by atoms with E-state index in [2.05, 4.69) is 17.4 Å². The monoisotopic (exact) mass is 206 g/mol. The van der Waals surface area contributed by atoms with Crippen molar-refractivity contribution in [2.45, 2.75) is 12.3 Å². The second-order valence-electron chi connectivity index (χ2n) is 4.42. The average Bonchev–Trinajstić information content (AvgIpc) is 2.22. The highest BCUT2D eigenvalue weighted by molar-refractivity contribution is 6.30. The van der Waals surface area contributed by atoms with Crippen LogP contribution in [-0.2, 0) is 0 Å². The first-order valence-corrected chi connectivity index (χ1v) is 5.61. The van der Waals surface area contributed by atoms with E-state index >= 15 is 0 Å². The van der Waals surface area contributed by atoms with E-state index in [-0.39, 0.29) is 0 Å². The summed E-state index contributed by atoms with van der Waals surface area (Å²) in [7, 11) is 0. The molecule has 1 aliphatic heterocycles. The number of halogens is 1. The molecule has 0 aromatic heterocycles. The van der Waals surface area contributed by atoms with Crippen molar-refractivity contribution < 1.29 is 0 Å². The van der Waals surface area contributed by atoms with E-state index in [9.17, 15) is 0 Å². The van der Waals surface area contributed by atoms with Crippen molar-refractivity contribution in [3.63, 3.8) is 0 Å². The van der Waals surface area contributed by atoms with Gasteiger partial charge in [-0.05, 0) is 41.9 Å². The molecule has 1 heterocycles. The zero-order valence-corrected chi connectivity index (χ0v) is 8.74. The van der Waals surface area contributed by atoms with Crippen LogP contribution in [0.25, 0.3) is 0 Å². The molecule has 1 saturated heterocycles. The van der Waals surface area contributed by atoms with Crippen LogP contribution in [-0.4, -0.2) is 13.1 Å². The van der Waals surface area contributed by atoms with E-state index in [0.717, 1.165) is 35.9 Å². The lowest BCUT2D eigenvalue weighted by molar-refractivity contribution is 0.0885. The van der Waals surface area contributed by atoms with Gasteiger partial charge in [0.15, 0.2) is 0 Å². The van der Waals surface area contributed by atoms with Crippen LogP contribution in [0.3, 0.4) is 0 Å². The van der Waals surface area contributed by atoms with Gasteiger partial charge in [0.25, 0.3) is 0 Å². The highest BCUT2D eigenvalue weighted by atomic mass is 35.5. The van der Waals surface area contributed by atoms with Gasteiger partial charge in [-0.2, -0.15) is 0 Å². The number of piperidine rings is 2. The minimum Gasteiger partial charge on any atom is -0.241 e. The molecule has 2 atom stereocenters. The molecule has 1 aliphatic carbocycles. The summed E-state index contributed by atoms with van der Waals surface area (Å²) >= 11 is 5.88. The quantitative estimate of drug-likeness (QED) is 0.671. The molecule has 1 aromatic carbocycles. The summed E-state index contributed by atoms with van der Waals surface area (Å²) in [5.74, 6) is 2.40. The van der Waals surface area contributed by atoms with Crippen LogP contribution in [0.15, 0.2) is 24.3 Å². The molecule has 1 nitrogen and oxygen atoms in total. The van der Waals surface area contributed by atoms with Crippen LogP contribution in [0.4, 0.5) is 0 Å². The molecule has 0 spiro atoms. The summed E-state index contributed by atoms with van der Waals surface area (Å²) in [5, 5.41) is 5.31. The highest BCUT2D eigenvalue weighted by Gasteiger charge is 2.44. The van der Waals surface area contributed by atoms with Crippen molar-refractivity contribution in [2.75, 3.05) is 13.1 Å². The molecule has 0 amide bonds. The zero-order valence-electron chi connectivity index (χ0n) is 7.99. The lowest BCUT2D eigenvalue weighted by Crippen LogP contribution is -2.48. The Bertz CT molecular complexity index is 319. The highest BCUT2D eigenvalue weighted by Crippen LogP contribution is 2.49. The number of fused-ring (bicyclic) bond motifs is 2. The normalized spacial score (nSPS) is 35.1. The molecule has 1 saturated carbocycles. The van der Waals surface area contributed by atoms with Crippen molar-refractivity contribution in [1.29, 1.82) is 0 Å². The third kappa shape index (κ3) is 1.27. The summed E-state index contributed by atoms with van der Waals surface area (Å²) < 4.78 is 0. The number of nitrogens with zero attached hydrogens (tertiary/aromatic N) is 1. The summed E-state index contributed by atoms with van der Waals surface area (Å²) in [4.78, 5) is 0. The zero-order chi connectivity index (χ0) is 9.54. The molecule has 2 bridgehead atoms. The van der Waals surface area contributed by atoms with Crippen LogP contribution in [0.5, 0.6) is 0 Å². The third-order valence-electron chi connectivity index (χ3n) is 3.60. The maximum atomic E-state index is 5.88. The fraction of sp³-hybridized carbons (Fsp3) is 0.500. The second-order valence-corrected chi connectivity index (χ2v) is 4.86. The molecule has 3 rings (SSSR count). The van der Waals surface area contributed by atoms with Crippen molar-refractivity contribution in [3.05, 3.63) is 34.9 Å². The minimum absolute atomic E-state index is 0.768. The number of hydrogen-bond donors (Lipinski definition) is 0. The summed E-state index contributed by atoms with van der Waals surface area (Å²) in [6.07, 6.45) is 1.39. The maximum Gasteiger partial charge on any atom is 0.0406 e. The Morgan fingerprint density at radius 1 is 1.07 bits per heavy atom. The smallest absolute Gasteiger partial charge is 0.0406 e. The van der Waals surface area contributed by atoms with Crippen molar-refractivity contribution in [2.24, 2.45) is 11.8 Å². The maximum absolute atomic E-state index is 5.88. The van der Waals surface area contributed by atoms with Crippen molar-refractivity contribution in [3.8, 4) is 0 Å². The Morgan fingerprint density at radius 3 is 2.29 bits per heavy atom. The van der Waals surface area contributed by atoms with Crippen LogP contribution in [0, 0.1) is 11.8 Å². The molecule has 1 aromatic rings. The van der Waals surface area contributed by atoms with Crippen molar-refractivity contribution >= 4 is 11.6 Å². The first kappa shape index (κ1) is 8.75. The van der Waals surface area contributed by atoms with E-state index in [1.807, 2.05) is 12.1 Å². The first-order valence-electron chi connectivity index (χ1n) is 5.23. The van der Waals surface area contributed by atoms with E-state index in [4.69, 9.17) is 11.6 Å². The van der Waals surface area contributed by atoms with Crippen LogP contribution in [0.1, 0.15) is 17.9 Å². The van der Waals surface area contributed by atoms with Gasteiger partial charge in [0, 0.05) is 18.1 Å². The van der Waals surface area contributed by atoms with Crippen LogP contribution >= 0.6 is 11.6 Å². The lowest BCUT2D eigenvalue weighted by Gasteiger charge is -2.49. The Hall–Kier alpha value is -0.530. The van der Waals surface area contributed by atoms with E-state index in [1.54, 1.807) is 0 Å². The predicted octanol–water partition coefficient (Wildman–Crippen LogP) is 2.68. The summed E-state index contributed by atoms with van der Waals surface area (Å²) in [5.41, 5.74) is 1.46. The fourth-order valence-corrected chi connectivity index (χ4v) is 3.01.